The summed E-state index contributed by atoms with van der Waals surface area (Å²) in [6.07, 6.45) is -4.41. The summed E-state index contributed by atoms with van der Waals surface area (Å²) in [5, 5.41) is 21.9. The molecule has 0 aromatic carbocycles. The Balaban J connectivity index is 1.85. The van der Waals surface area contributed by atoms with Crippen LogP contribution in [0.25, 0.3) is 0 Å². The fraction of sp³-hybridized carbons (Fsp3) is 0.467. The number of hydrogen-bond acceptors (Lipinski definition) is 5. The first-order valence-corrected chi connectivity index (χ1v) is 8.64. The molecule has 1 atom stereocenters. The minimum absolute atomic E-state index is 0.00454. The van der Waals surface area contributed by atoms with Crippen molar-refractivity contribution in [1.82, 2.24) is 24.6 Å². The zero-order chi connectivity index (χ0) is 20.1. The number of hydrazone groups is 1. The van der Waals surface area contributed by atoms with E-state index in [0.717, 1.165) is 15.9 Å². The normalized spacial score (nSPS) is 20.3. The minimum Gasteiger partial charge on any atom is -0.362 e. The highest BCUT2D eigenvalue weighted by molar-refractivity contribution is 9.10. The number of alkyl halides is 3. The highest BCUT2D eigenvalue weighted by atomic mass is 79.9. The maximum atomic E-state index is 13.3. The first kappa shape index (κ1) is 19.5. The maximum absolute atomic E-state index is 13.3. The van der Waals surface area contributed by atoms with Gasteiger partial charge in [-0.1, -0.05) is 0 Å². The van der Waals surface area contributed by atoms with Gasteiger partial charge in [0.05, 0.1) is 15.9 Å². The SMILES string of the molecule is CC1=NN(C(=O)c2ccn(Cn3nc(C)c(Br)c3C)n2)C(O)(C(F)(F)F)C1. The fourth-order valence-corrected chi connectivity index (χ4v) is 3.05. The van der Waals surface area contributed by atoms with Gasteiger partial charge in [0, 0.05) is 18.3 Å². The second kappa shape index (κ2) is 6.44. The molecule has 2 aromatic heterocycles. The van der Waals surface area contributed by atoms with Crippen LogP contribution < -0.4 is 0 Å². The van der Waals surface area contributed by atoms with Crippen molar-refractivity contribution in [2.75, 3.05) is 0 Å². The van der Waals surface area contributed by atoms with E-state index in [2.05, 4.69) is 31.2 Å². The molecule has 2 aromatic rings. The molecule has 0 fully saturated rings. The predicted octanol–water partition coefficient (Wildman–Crippen LogP) is 2.44. The van der Waals surface area contributed by atoms with E-state index in [-0.39, 0.29) is 23.1 Å². The molecule has 0 spiro atoms. The quantitative estimate of drug-likeness (QED) is 0.780. The zero-order valence-corrected chi connectivity index (χ0v) is 16.2. The zero-order valence-electron chi connectivity index (χ0n) is 14.6. The van der Waals surface area contributed by atoms with Gasteiger partial charge in [-0.25, -0.2) is 4.68 Å². The van der Waals surface area contributed by atoms with Gasteiger partial charge in [-0.2, -0.15) is 33.5 Å². The average Bonchev–Trinajstić information content (AvgIpc) is 3.21. The van der Waals surface area contributed by atoms with Gasteiger partial charge in [0.2, 0.25) is 0 Å². The van der Waals surface area contributed by atoms with Crippen LogP contribution in [0.3, 0.4) is 0 Å². The van der Waals surface area contributed by atoms with Gasteiger partial charge in [0.15, 0.2) is 5.69 Å². The summed E-state index contributed by atoms with van der Waals surface area (Å²) >= 11 is 3.40. The number of aryl methyl sites for hydroxylation is 1. The summed E-state index contributed by atoms with van der Waals surface area (Å²) < 4.78 is 43.6. The highest BCUT2D eigenvalue weighted by Gasteiger charge is 2.63. The van der Waals surface area contributed by atoms with Crippen molar-refractivity contribution in [3.05, 3.63) is 33.8 Å². The molecule has 0 saturated heterocycles. The Hall–Kier alpha value is -2.21. The number of carbonyl (C=O) groups is 1. The van der Waals surface area contributed by atoms with Gasteiger partial charge in [0.1, 0.15) is 6.67 Å². The van der Waals surface area contributed by atoms with Crippen LogP contribution in [0.4, 0.5) is 13.2 Å². The van der Waals surface area contributed by atoms with E-state index >= 15 is 0 Å². The Morgan fingerprint density at radius 3 is 2.56 bits per heavy atom. The molecule has 1 aliphatic heterocycles. The molecule has 1 unspecified atom stereocenters. The monoisotopic (exact) mass is 448 g/mol. The Morgan fingerprint density at radius 1 is 1.33 bits per heavy atom. The molecule has 1 N–H and O–H groups in total. The first-order chi connectivity index (χ1) is 12.4. The first-order valence-electron chi connectivity index (χ1n) is 7.85. The van der Waals surface area contributed by atoms with Crippen molar-refractivity contribution in [2.24, 2.45) is 5.10 Å². The summed E-state index contributed by atoms with van der Waals surface area (Å²) in [4.78, 5) is 12.5. The van der Waals surface area contributed by atoms with Gasteiger partial charge >= 0.3 is 6.18 Å². The Labute approximate surface area is 160 Å². The van der Waals surface area contributed by atoms with Crippen LogP contribution >= 0.6 is 15.9 Å². The summed E-state index contributed by atoms with van der Waals surface area (Å²) in [6, 6.07) is 1.27. The topological polar surface area (TPSA) is 88.5 Å². The maximum Gasteiger partial charge on any atom is 0.438 e. The number of amides is 1. The van der Waals surface area contributed by atoms with Gasteiger partial charge in [-0.15, -0.1) is 0 Å². The molecule has 1 amide bonds. The van der Waals surface area contributed by atoms with Crippen molar-refractivity contribution >= 4 is 27.5 Å². The van der Waals surface area contributed by atoms with E-state index in [4.69, 9.17) is 0 Å². The number of nitrogens with zero attached hydrogens (tertiary/aromatic N) is 6. The molecule has 0 aliphatic carbocycles. The summed E-state index contributed by atoms with van der Waals surface area (Å²) in [7, 11) is 0. The largest absolute Gasteiger partial charge is 0.438 e. The van der Waals surface area contributed by atoms with Crippen molar-refractivity contribution in [1.29, 1.82) is 0 Å². The third-order valence-electron chi connectivity index (χ3n) is 4.20. The van der Waals surface area contributed by atoms with Crippen molar-refractivity contribution in [3.63, 3.8) is 0 Å². The summed E-state index contributed by atoms with van der Waals surface area (Å²) in [6.45, 7) is 5.13. The molecule has 1 aliphatic rings. The number of aliphatic hydroxyl groups is 1. The number of rotatable bonds is 3. The molecule has 146 valence electrons. The lowest BCUT2D eigenvalue weighted by molar-refractivity contribution is -0.297. The second-order valence-electron chi connectivity index (χ2n) is 6.31. The molecule has 3 rings (SSSR count). The van der Waals surface area contributed by atoms with Crippen LogP contribution in [-0.4, -0.2) is 53.2 Å². The Bertz CT molecular complexity index is 935. The summed E-state index contributed by atoms with van der Waals surface area (Å²) in [5.41, 5.74) is -2.04. The van der Waals surface area contributed by atoms with Crippen LogP contribution in [0.5, 0.6) is 0 Å². The lowest BCUT2D eigenvalue weighted by Crippen LogP contribution is -2.56. The van der Waals surface area contributed by atoms with E-state index < -0.39 is 24.2 Å². The predicted molar refractivity (Wildman–Crippen MR) is 91.9 cm³/mol. The van der Waals surface area contributed by atoms with Gasteiger partial charge in [-0.3, -0.25) is 9.48 Å². The second-order valence-corrected chi connectivity index (χ2v) is 7.10. The molecule has 0 bridgehead atoms. The number of halogens is 4. The Kier molecular flexibility index (Phi) is 4.67. The minimum atomic E-state index is -5.05. The van der Waals surface area contributed by atoms with E-state index in [1.54, 1.807) is 4.68 Å². The smallest absolute Gasteiger partial charge is 0.362 e. The Morgan fingerprint density at radius 2 is 2.00 bits per heavy atom. The van der Waals surface area contributed by atoms with E-state index in [9.17, 15) is 23.1 Å². The third kappa shape index (κ3) is 3.27. The van der Waals surface area contributed by atoms with Crippen LogP contribution in [0.1, 0.15) is 35.2 Å². The molecular formula is C15H16BrF3N6O2. The highest BCUT2D eigenvalue weighted by Crippen LogP contribution is 2.40. The molecular weight excluding hydrogens is 433 g/mol. The van der Waals surface area contributed by atoms with Crippen molar-refractivity contribution in [3.8, 4) is 0 Å². The molecule has 3 heterocycles. The third-order valence-corrected chi connectivity index (χ3v) is 5.35. The number of aromatic nitrogens is 4. The van der Waals surface area contributed by atoms with Gasteiger partial charge in [0.25, 0.3) is 11.6 Å². The number of carbonyl (C=O) groups excluding carboxylic acids is 1. The van der Waals surface area contributed by atoms with Crippen molar-refractivity contribution < 1.29 is 23.1 Å². The van der Waals surface area contributed by atoms with Crippen molar-refractivity contribution in [2.45, 2.75) is 45.8 Å². The molecule has 27 heavy (non-hydrogen) atoms. The van der Waals surface area contributed by atoms with Gasteiger partial charge < -0.3 is 5.11 Å². The average molecular weight is 449 g/mol. The van der Waals surface area contributed by atoms with E-state index in [0.29, 0.717) is 0 Å². The summed E-state index contributed by atoms with van der Waals surface area (Å²) in [5.74, 6) is -1.14. The molecule has 0 saturated carbocycles. The van der Waals surface area contributed by atoms with Gasteiger partial charge in [-0.05, 0) is 42.8 Å². The molecule has 8 nitrogen and oxygen atoms in total. The number of hydrogen-bond donors (Lipinski definition) is 1. The molecule has 0 radical (unpaired) electrons. The van der Waals surface area contributed by atoms with Crippen LogP contribution in [0.2, 0.25) is 0 Å². The molecule has 12 heteroatoms. The fourth-order valence-electron chi connectivity index (χ4n) is 2.77. The van der Waals surface area contributed by atoms with E-state index in [1.165, 1.54) is 23.9 Å². The van der Waals surface area contributed by atoms with E-state index in [1.807, 2.05) is 13.8 Å². The lowest BCUT2D eigenvalue weighted by atomic mass is 10.1. The van der Waals surface area contributed by atoms with Crippen LogP contribution in [0.15, 0.2) is 21.8 Å². The standard InChI is InChI=1S/C15H16BrF3N6O2/c1-8-6-14(27,15(17,18)19)25(20-8)13(26)11-4-5-23(22-11)7-24-10(3)12(16)9(2)21-24/h4-5,27H,6-7H2,1-3H3. The van der Waals surface area contributed by atoms with Crippen LogP contribution in [0, 0.1) is 13.8 Å². The lowest BCUT2D eigenvalue weighted by Gasteiger charge is -2.32. The van der Waals surface area contributed by atoms with Crippen LogP contribution in [-0.2, 0) is 6.67 Å².